The minimum atomic E-state index is -0.840. The van der Waals surface area contributed by atoms with Crippen molar-refractivity contribution in [3.05, 3.63) is 12.3 Å². The van der Waals surface area contributed by atoms with Crippen LogP contribution in [0, 0.1) is 0 Å². The molecular formula is C15H27N5O2. The summed E-state index contributed by atoms with van der Waals surface area (Å²) in [6.07, 6.45) is 3.87. The summed E-state index contributed by atoms with van der Waals surface area (Å²) in [5.41, 5.74) is -0.840. The van der Waals surface area contributed by atoms with E-state index in [1.165, 1.54) is 0 Å². The van der Waals surface area contributed by atoms with Gasteiger partial charge in [-0.2, -0.15) is 4.98 Å². The molecule has 0 saturated carbocycles. The van der Waals surface area contributed by atoms with Crippen molar-refractivity contribution >= 4 is 11.8 Å². The first-order valence-corrected chi connectivity index (χ1v) is 7.73. The first kappa shape index (κ1) is 16.9. The fourth-order valence-electron chi connectivity index (χ4n) is 2.59. The Morgan fingerprint density at radius 2 is 2.32 bits per heavy atom. The molecule has 7 heteroatoms. The van der Waals surface area contributed by atoms with Gasteiger partial charge in [-0.15, -0.1) is 0 Å². The van der Waals surface area contributed by atoms with E-state index >= 15 is 0 Å². The number of anilines is 2. The van der Waals surface area contributed by atoms with Crippen molar-refractivity contribution in [2.45, 2.75) is 31.4 Å². The van der Waals surface area contributed by atoms with Crippen molar-refractivity contribution in [3.63, 3.8) is 0 Å². The van der Waals surface area contributed by atoms with Crippen molar-refractivity contribution in [3.8, 4) is 0 Å². The molecule has 2 heterocycles. The molecule has 0 aliphatic carbocycles. The van der Waals surface area contributed by atoms with Crippen LogP contribution in [0.5, 0.6) is 0 Å². The second kappa shape index (κ2) is 7.71. The van der Waals surface area contributed by atoms with Gasteiger partial charge in [0, 0.05) is 25.9 Å². The molecule has 3 N–H and O–H groups in total. The molecule has 1 aromatic rings. The molecule has 0 aromatic carbocycles. The summed E-state index contributed by atoms with van der Waals surface area (Å²) >= 11 is 0. The van der Waals surface area contributed by atoms with Gasteiger partial charge in [0.15, 0.2) is 0 Å². The minimum absolute atomic E-state index is 0.299. The molecule has 2 atom stereocenters. The van der Waals surface area contributed by atoms with Crippen LogP contribution in [-0.2, 0) is 4.74 Å². The average Bonchev–Trinajstić information content (AvgIpc) is 2.45. The molecule has 0 radical (unpaired) electrons. The number of hydrogen-bond donors (Lipinski definition) is 3. The number of hydrogen-bond acceptors (Lipinski definition) is 7. The molecule has 1 saturated heterocycles. The Bertz CT molecular complexity index is 461. The summed E-state index contributed by atoms with van der Waals surface area (Å²) in [6, 6.07) is 2.14. The van der Waals surface area contributed by atoms with E-state index < -0.39 is 5.60 Å². The standard InChI is InChI=1S/C15H27N5O2/c1-15(21,11-20(2)3)10-17-14-16-7-6-13(19-14)18-12-5-4-8-22-9-12/h6-7,12,21H,4-5,8-11H2,1-3H3,(H2,16,17,18,19)/t12-,15-/m1/s1. The van der Waals surface area contributed by atoms with E-state index in [1.807, 2.05) is 25.1 Å². The zero-order valence-electron chi connectivity index (χ0n) is 13.7. The van der Waals surface area contributed by atoms with E-state index in [-0.39, 0.29) is 0 Å². The van der Waals surface area contributed by atoms with E-state index in [9.17, 15) is 5.11 Å². The van der Waals surface area contributed by atoms with Crippen LogP contribution in [-0.4, -0.2) is 72.0 Å². The molecule has 0 bridgehead atoms. The van der Waals surface area contributed by atoms with Gasteiger partial charge in [0.1, 0.15) is 5.82 Å². The van der Waals surface area contributed by atoms with Gasteiger partial charge in [0.2, 0.25) is 5.95 Å². The maximum absolute atomic E-state index is 10.3. The van der Waals surface area contributed by atoms with E-state index in [0.717, 1.165) is 25.3 Å². The fourth-order valence-corrected chi connectivity index (χ4v) is 2.59. The van der Waals surface area contributed by atoms with Gasteiger partial charge in [-0.1, -0.05) is 0 Å². The zero-order valence-corrected chi connectivity index (χ0v) is 13.7. The lowest BCUT2D eigenvalue weighted by Gasteiger charge is -2.27. The Morgan fingerprint density at radius 3 is 3.00 bits per heavy atom. The van der Waals surface area contributed by atoms with Crippen LogP contribution in [0.4, 0.5) is 11.8 Å². The molecule has 0 unspecified atom stereocenters. The predicted octanol–water partition coefficient (Wildman–Crippen LogP) is 0.792. The number of nitrogens with zero attached hydrogens (tertiary/aromatic N) is 3. The minimum Gasteiger partial charge on any atom is -0.387 e. The Hall–Kier alpha value is -1.44. The first-order valence-electron chi connectivity index (χ1n) is 7.73. The van der Waals surface area contributed by atoms with Crippen molar-refractivity contribution < 1.29 is 9.84 Å². The second-order valence-corrected chi connectivity index (χ2v) is 6.41. The Labute approximate surface area is 132 Å². The van der Waals surface area contributed by atoms with E-state index in [2.05, 4.69) is 20.6 Å². The van der Waals surface area contributed by atoms with Crippen molar-refractivity contribution in [1.29, 1.82) is 0 Å². The van der Waals surface area contributed by atoms with Crippen LogP contribution in [0.1, 0.15) is 19.8 Å². The third-order valence-corrected chi connectivity index (χ3v) is 3.45. The second-order valence-electron chi connectivity index (χ2n) is 6.41. The number of likely N-dealkylation sites (N-methyl/N-ethyl adjacent to an activating group) is 1. The third kappa shape index (κ3) is 5.75. The summed E-state index contributed by atoms with van der Waals surface area (Å²) < 4.78 is 5.45. The highest BCUT2D eigenvalue weighted by molar-refractivity contribution is 5.40. The molecule has 1 aliphatic heterocycles. The molecule has 1 aromatic heterocycles. The predicted molar refractivity (Wildman–Crippen MR) is 87.2 cm³/mol. The normalized spacial score (nSPS) is 21.4. The number of nitrogens with one attached hydrogen (secondary N) is 2. The Morgan fingerprint density at radius 1 is 1.50 bits per heavy atom. The van der Waals surface area contributed by atoms with Crippen LogP contribution < -0.4 is 10.6 Å². The summed E-state index contributed by atoms with van der Waals surface area (Å²) in [7, 11) is 3.86. The Kier molecular flexibility index (Phi) is 5.93. The highest BCUT2D eigenvalue weighted by Crippen LogP contribution is 2.14. The SMILES string of the molecule is CN(C)C[C@](C)(O)CNc1nccc(N[C@@H]2CCCOC2)n1. The summed E-state index contributed by atoms with van der Waals surface area (Å²) in [6.45, 7) is 4.31. The lowest BCUT2D eigenvalue weighted by molar-refractivity contribution is 0.0458. The topological polar surface area (TPSA) is 82.5 Å². The maximum Gasteiger partial charge on any atom is 0.224 e. The van der Waals surface area contributed by atoms with Crippen LogP contribution in [0.2, 0.25) is 0 Å². The zero-order chi connectivity index (χ0) is 16.0. The van der Waals surface area contributed by atoms with E-state index in [1.54, 1.807) is 13.1 Å². The molecule has 1 fully saturated rings. The van der Waals surface area contributed by atoms with Crippen molar-refractivity contribution in [2.75, 3.05) is 51.0 Å². The van der Waals surface area contributed by atoms with Crippen molar-refractivity contribution in [2.24, 2.45) is 0 Å². The van der Waals surface area contributed by atoms with Crippen molar-refractivity contribution in [1.82, 2.24) is 14.9 Å². The van der Waals surface area contributed by atoms with E-state index in [4.69, 9.17) is 4.74 Å². The number of aromatic nitrogens is 2. The summed E-state index contributed by atoms with van der Waals surface area (Å²) in [5.74, 6) is 1.29. The molecule has 124 valence electrons. The molecular weight excluding hydrogens is 282 g/mol. The quantitative estimate of drug-likeness (QED) is 0.687. The largest absolute Gasteiger partial charge is 0.387 e. The van der Waals surface area contributed by atoms with Gasteiger partial charge in [0.05, 0.1) is 18.2 Å². The van der Waals surface area contributed by atoms with Gasteiger partial charge < -0.3 is 25.4 Å². The van der Waals surface area contributed by atoms with Crippen LogP contribution in [0.15, 0.2) is 12.3 Å². The van der Waals surface area contributed by atoms with Gasteiger partial charge >= 0.3 is 0 Å². The molecule has 22 heavy (non-hydrogen) atoms. The number of aliphatic hydroxyl groups is 1. The Balaban J connectivity index is 1.88. The van der Waals surface area contributed by atoms with Gasteiger partial charge in [-0.25, -0.2) is 4.98 Å². The van der Waals surface area contributed by atoms with Crippen LogP contribution >= 0.6 is 0 Å². The first-order chi connectivity index (χ1) is 10.4. The summed E-state index contributed by atoms with van der Waals surface area (Å²) in [5, 5.41) is 16.7. The monoisotopic (exact) mass is 309 g/mol. The van der Waals surface area contributed by atoms with Gasteiger partial charge in [-0.3, -0.25) is 0 Å². The third-order valence-electron chi connectivity index (χ3n) is 3.45. The van der Waals surface area contributed by atoms with Gasteiger partial charge in [-0.05, 0) is 39.9 Å². The molecule has 0 amide bonds. The van der Waals surface area contributed by atoms with Gasteiger partial charge in [0.25, 0.3) is 0 Å². The van der Waals surface area contributed by atoms with E-state index in [0.29, 0.717) is 31.7 Å². The maximum atomic E-state index is 10.3. The molecule has 2 rings (SSSR count). The highest BCUT2D eigenvalue weighted by Gasteiger charge is 2.21. The number of ether oxygens (including phenoxy) is 1. The molecule has 0 spiro atoms. The lowest BCUT2D eigenvalue weighted by Crippen LogP contribution is -2.43. The molecule has 7 nitrogen and oxygen atoms in total. The smallest absolute Gasteiger partial charge is 0.224 e. The fraction of sp³-hybridized carbons (Fsp3) is 0.733. The lowest BCUT2D eigenvalue weighted by atomic mass is 10.1. The van der Waals surface area contributed by atoms with Crippen LogP contribution in [0.3, 0.4) is 0 Å². The van der Waals surface area contributed by atoms with Crippen LogP contribution in [0.25, 0.3) is 0 Å². The molecule has 1 aliphatic rings. The summed E-state index contributed by atoms with van der Waals surface area (Å²) in [4.78, 5) is 10.6. The number of rotatable bonds is 7. The highest BCUT2D eigenvalue weighted by atomic mass is 16.5. The average molecular weight is 309 g/mol.